The summed E-state index contributed by atoms with van der Waals surface area (Å²) in [6.07, 6.45) is 2.18. The molecule has 4 heterocycles. The summed E-state index contributed by atoms with van der Waals surface area (Å²) < 4.78 is 12.9. The third kappa shape index (κ3) is 5.40. The first-order valence-corrected chi connectivity index (χ1v) is 13.0. The molecule has 4 rings (SSSR count). The van der Waals surface area contributed by atoms with Crippen LogP contribution >= 0.6 is 34.4 Å². The lowest BCUT2D eigenvalue weighted by Gasteiger charge is -2.14. The third-order valence-electron chi connectivity index (χ3n) is 4.80. The molecule has 32 heavy (non-hydrogen) atoms. The number of hydrogen-bond donors (Lipinski definition) is 1. The Kier molecular flexibility index (Phi) is 7.61. The Morgan fingerprint density at radius 1 is 1.41 bits per heavy atom. The molecule has 0 bridgehead atoms. The number of nitrogens with zero attached hydrogens (tertiary/aromatic N) is 3. The Bertz CT molecular complexity index is 1070. The van der Waals surface area contributed by atoms with E-state index in [9.17, 15) is 9.59 Å². The van der Waals surface area contributed by atoms with E-state index in [4.69, 9.17) is 9.47 Å². The van der Waals surface area contributed by atoms with Gasteiger partial charge in [-0.2, -0.15) is 0 Å². The van der Waals surface area contributed by atoms with E-state index >= 15 is 0 Å². The molecule has 3 aromatic heterocycles. The summed E-state index contributed by atoms with van der Waals surface area (Å²) in [5.74, 6) is 0.285. The fourth-order valence-electron chi connectivity index (χ4n) is 3.40. The molecule has 0 radical (unpaired) electrons. The van der Waals surface area contributed by atoms with Gasteiger partial charge in [0.1, 0.15) is 5.00 Å². The van der Waals surface area contributed by atoms with E-state index in [1.165, 1.54) is 23.1 Å². The van der Waals surface area contributed by atoms with Crippen LogP contribution in [0.3, 0.4) is 0 Å². The third-order valence-corrected chi connectivity index (χ3v) is 7.60. The van der Waals surface area contributed by atoms with E-state index in [0.717, 1.165) is 35.0 Å². The summed E-state index contributed by atoms with van der Waals surface area (Å²) in [4.78, 5) is 26.8. The average Bonchev–Trinajstić information content (AvgIpc) is 3.55. The van der Waals surface area contributed by atoms with Gasteiger partial charge in [0.25, 0.3) is 0 Å². The number of thioether (sulfide) groups is 1. The predicted octanol–water partition coefficient (Wildman–Crippen LogP) is 4.46. The van der Waals surface area contributed by atoms with Crippen LogP contribution in [0.1, 0.15) is 35.0 Å². The van der Waals surface area contributed by atoms with Gasteiger partial charge in [-0.25, -0.2) is 4.79 Å². The van der Waals surface area contributed by atoms with Gasteiger partial charge in [0, 0.05) is 11.5 Å². The van der Waals surface area contributed by atoms with Crippen LogP contribution in [0, 0.1) is 6.92 Å². The van der Waals surface area contributed by atoms with Crippen LogP contribution < -0.4 is 5.32 Å². The number of ether oxygens (including phenoxy) is 2. The number of hydrogen-bond acceptors (Lipinski definition) is 9. The first-order chi connectivity index (χ1) is 15.5. The number of aromatic nitrogens is 3. The number of nitrogens with one attached hydrogen (secondary N) is 1. The highest BCUT2D eigenvalue weighted by Gasteiger charge is 2.23. The highest BCUT2D eigenvalue weighted by atomic mass is 32.2. The molecule has 1 fully saturated rings. The lowest BCUT2D eigenvalue weighted by atomic mass is 10.2. The zero-order valence-electron chi connectivity index (χ0n) is 17.8. The standard InChI is InChI=1S/C21H24N4O4S3/c1-3-28-20(27)15-10-13(2)32-19(15)22-17(26)12-31-21-24-23-18(16-7-5-9-30-16)25(21)11-14-6-4-8-29-14/h5,7,9-10,14H,3-4,6,8,11-12H2,1-2H3,(H,22,26)/t14-/m0/s1. The molecule has 1 N–H and O–H groups in total. The number of aryl methyl sites for hydroxylation is 1. The van der Waals surface area contributed by atoms with Gasteiger partial charge in [-0.05, 0) is 44.2 Å². The summed E-state index contributed by atoms with van der Waals surface area (Å²) >= 11 is 4.28. The molecule has 3 aromatic rings. The maximum absolute atomic E-state index is 12.7. The van der Waals surface area contributed by atoms with Crippen LogP contribution in [0.15, 0.2) is 28.7 Å². The minimum atomic E-state index is -0.434. The largest absolute Gasteiger partial charge is 0.462 e. The first kappa shape index (κ1) is 23.0. The van der Waals surface area contributed by atoms with Gasteiger partial charge < -0.3 is 14.8 Å². The van der Waals surface area contributed by atoms with Crippen molar-refractivity contribution in [1.29, 1.82) is 0 Å². The maximum atomic E-state index is 12.7. The second-order valence-corrected chi connectivity index (χ2v) is 10.3. The molecule has 1 aliphatic heterocycles. The van der Waals surface area contributed by atoms with E-state index in [2.05, 4.69) is 15.5 Å². The number of anilines is 1. The van der Waals surface area contributed by atoms with Crippen molar-refractivity contribution in [2.45, 2.75) is 44.5 Å². The molecule has 8 nitrogen and oxygen atoms in total. The molecule has 11 heteroatoms. The zero-order valence-corrected chi connectivity index (χ0v) is 20.3. The molecular formula is C21H24N4O4S3. The molecule has 170 valence electrons. The van der Waals surface area contributed by atoms with E-state index in [0.29, 0.717) is 22.3 Å². The van der Waals surface area contributed by atoms with Crippen LogP contribution in [0.2, 0.25) is 0 Å². The van der Waals surface area contributed by atoms with Crippen LogP contribution in [-0.2, 0) is 20.8 Å². The number of rotatable bonds is 9. The Balaban J connectivity index is 1.45. The fraction of sp³-hybridized carbons (Fsp3) is 0.429. The lowest BCUT2D eigenvalue weighted by Crippen LogP contribution is -2.18. The summed E-state index contributed by atoms with van der Waals surface area (Å²) in [5.41, 5.74) is 0.384. The predicted molar refractivity (Wildman–Crippen MR) is 127 cm³/mol. The van der Waals surface area contributed by atoms with Crippen molar-refractivity contribution in [3.05, 3.63) is 34.0 Å². The Hall–Kier alpha value is -2.21. The van der Waals surface area contributed by atoms with Crippen molar-refractivity contribution < 1.29 is 19.1 Å². The van der Waals surface area contributed by atoms with Crippen molar-refractivity contribution in [3.8, 4) is 10.7 Å². The molecule has 0 aromatic carbocycles. The topological polar surface area (TPSA) is 95.3 Å². The SMILES string of the molecule is CCOC(=O)c1cc(C)sc1NC(=O)CSc1nnc(-c2cccs2)n1C[C@@H]1CCCO1. The van der Waals surface area contributed by atoms with E-state index in [1.54, 1.807) is 24.3 Å². The Labute approximate surface area is 198 Å². The Morgan fingerprint density at radius 3 is 3.00 bits per heavy atom. The quantitative estimate of drug-likeness (QED) is 0.348. The van der Waals surface area contributed by atoms with E-state index in [1.807, 2.05) is 29.0 Å². The molecule has 0 saturated carbocycles. The average molecular weight is 493 g/mol. The van der Waals surface area contributed by atoms with Gasteiger partial charge in [0.05, 0.1) is 35.4 Å². The summed E-state index contributed by atoms with van der Waals surface area (Å²) in [7, 11) is 0. The van der Waals surface area contributed by atoms with Crippen molar-refractivity contribution in [3.63, 3.8) is 0 Å². The molecule has 1 aliphatic rings. The summed E-state index contributed by atoms with van der Waals surface area (Å²) in [6, 6.07) is 5.73. The molecule has 0 unspecified atom stereocenters. The summed E-state index contributed by atoms with van der Waals surface area (Å²) in [5, 5.41) is 14.8. The molecule has 1 atom stereocenters. The molecule has 1 saturated heterocycles. The van der Waals surface area contributed by atoms with E-state index in [-0.39, 0.29) is 24.4 Å². The molecule has 0 aliphatic carbocycles. The number of amides is 1. The monoisotopic (exact) mass is 492 g/mol. The smallest absolute Gasteiger partial charge is 0.341 e. The number of esters is 1. The molecule has 0 spiro atoms. The Morgan fingerprint density at radius 2 is 2.28 bits per heavy atom. The molecular weight excluding hydrogens is 468 g/mol. The lowest BCUT2D eigenvalue weighted by molar-refractivity contribution is -0.113. The highest BCUT2D eigenvalue weighted by Crippen LogP contribution is 2.31. The van der Waals surface area contributed by atoms with Gasteiger partial charge in [-0.3, -0.25) is 9.36 Å². The van der Waals surface area contributed by atoms with Gasteiger partial charge in [0.15, 0.2) is 11.0 Å². The van der Waals surface area contributed by atoms with Gasteiger partial charge in [-0.1, -0.05) is 17.8 Å². The normalized spacial score (nSPS) is 15.8. The number of carbonyl (C=O) groups excluding carboxylic acids is 2. The van der Waals surface area contributed by atoms with Gasteiger partial charge in [0.2, 0.25) is 5.91 Å². The van der Waals surface area contributed by atoms with Crippen LogP contribution in [0.25, 0.3) is 10.7 Å². The fourth-order valence-corrected chi connectivity index (χ4v) is 5.78. The number of carbonyl (C=O) groups is 2. The van der Waals surface area contributed by atoms with Gasteiger partial charge in [-0.15, -0.1) is 32.9 Å². The minimum Gasteiger partial charge on any atom is -0.462 e. The van der Waals surface area contributed by atoms with Crippen molar-refractivity contribution in [1.82, 2.24) is 14.8 Å². The van der Waals surface area contributed by atoms with E-state index < -0.39 is 5.97 Å². The summed E-state index contributed by atoms with van der Waals surface area (Å²) in [6.45, 7) is 5.35. The number of thiophene rings is 2. The second kappa shape index (κ2) is 10.6. The highest BCUT2D eigenvalue weighted by molar-refractivity contribution is 7.99. The maximum Gasteiger partial charge on any atom is 0.341 e. The van der Waals surface area contributed by atoms with Crippen molar-refractivity contribution in [2.75, 3.05) is 24.3 Å². The van der Waals surface area contributed by atoms with Crippen molar-refractivity contribution >= 4 is 51.3 Å². The van der Waals surface area contributed by atoms with Crippen LogP contribution in [0.5, 0.6) is 0 Å². The minimum absolute atomic E-state index is 0.124. The molecule has 1 amide bonds. The second-order valence-electron chi connectivity index (χ2n) is 7.19. The first-order valence-electron chi connectivity index (χ1n) is 10.3. The van der Waals surface area contributed by atoms with Crippen molar-refractivity contribution in [2.24, 2.45) is 0 Å². The van der Waals surface area contributed by atoms with Crippen LogP contribution in [0.4, 0.5) is 5.00 Å². The van der Waals surface area contributed by atoms with Gasteiger partial charge >= 0.3 is 5.97 Å². The zero-order chi connectivity index (χ0) is 22.5. The van der Waals surface area contributed by atoms with Crippen LogP contribution in [-0.4, -0.2) is 51.7 Å².